The van der Waals surface area contributed by atoms with Crippen LogP contribution in [0.5, 0.6) is 0 Å². The normalized spacial score (nSPS) is 46.8. The van der Waals surface area contributed by atoms with E-state index in [0.717, 1.165) is 25.8 Å². The summed E-state index contributed by atoms with van der Waals surface area (Å²) in [7, 11) is 0. The quantitative estimate of drug-likeness (QED) is 0.585. The molecule has 2 heterocycles. The number of rotatable bonds is 2. The van der Waals surface area contributed by atoms with E-state index < -0.39 is 18.3 Å². The second kappa shape index (κ2) is 4.37. The highest BCUT2D eigenvalue weighted by Crippen LogP contribution is 2.33. The van der Waals surface area contributed by atoms with E-state index in [1.54, 1.807) is 0 Å². The molecule has 0 aromatic rings. The van der Waals surface area contributed by atoms with Gasteiger partial charge in [-0.15, -0.1) is 0 Å². The summed E-state index contributed by atoms with van der Waals surface area (Å²) in [4.78, 5) is 2.02. The molecule has 0 spiro atoms. The molecule has 88 valence electrons. The molecule has 0 radical (unpaired) electrons. The van der Waals surface area contributed by atoms with Crippen molar-refractivity contribution >= 4 is 0 Å². The van der Waals surface area contributed by atoms with Gasteiger partial charge >= 0.3 is 0 Å². The lowest BCUT2D eigenvalue weighted by Gasteiger charge is -2.40. The fourth-order valence-electron chi connectivity index (χ4n) is 3.04. The highest BCUT2D eigenvalue weighted by atomic mass is 16.3. The highest BCUT2D eigenvalue weighted by molar-refractivity contribution is 5.01. The fourth-order valence-corrected chi connectivity index (χ4v) is 3.04. The third kappa shape index (κ3) is 1.91. The minimum Gasteiger partial charge on any atom is -0.391 e. The van der Waals surface area contributed by atoms with Crippen molar-refractivity contribution in [2.24, 2.45) is 5.92 Å². The molecule has 0 unspecified atom stereocenters. The van der Waals surface area contributed by atoms with Gasteiger partial charge in [0.1, 0.15) is 0 Å². The van der Waals surface area contributed by atoms with Gasteiger partial charge in [-0.05, 0) is 25.3 Å². The topological polar surface area (TPSA) is 63.9 Å². The number of piperidine rings is 1. The van der Waals surface area contributed by atoms with Gasteiger partial charge in [-0.2, -0.15) is 0 Å². The minimum atomic E-state index is -0.778. The Balaban J connectivity index is 2.06. The first kappa shape index (κ1) is 11.3. The third-order valence-corrected chi connectivity index (χ3v) is 3.87. The average molecular weight is 215 g/mol. The molecule has 0 aromatic heterocycles. The average Bonchev–Trinajstić information content (AvgIpc) is 2.49. The Morgan fingerprint density at radius 1 is 1.20 bits per heavy atom. The Morgan fingerprint density at radius 2 is 1.93 bits per heavy atom. The van der Waals surface area contributed by atoms with Crippen LogP contribution >= 0.6 is 0 Å². The molecule has 0 aromatic carbocycles. The number of hydrogen-bond donors (Lipinski definition) is 3. The lowest BCUT2D eigenvalue weighted by atomic mass is 9.84. The van der Waals surface area contributed by atoms with E-state index in [0.29, 0.717) is 6.54 Å². The minimum absolute atomic E-state index is 0.245. The van der Waals surface area contributed by atoms with E-state index >= 15 is 0 Å². The molecule has 0 bridgehead atoms. The summed E-state index contributed by atoms with van der Waals surface area (Å²) in [6.45, 7) is 3.50. The zero-order chi connectivity index (χ0) is 11.0. The van der Waals surface area contributed by atoms with Crippen molar-refractivity contribution in [3.05, 3.63) is 0 Å². The van der Waals surface area contributed by atoms with E-state index in [-0.39, 0.29) is 12.0 Å². The van der Waals surface area contributed by atoms with Crippen molar-refractivity contribution in [2.45, 2.75) is 50.5 Å². The molecule has 3 N–H and O–H groups in total. The number of aliphatic hydroxyl groups is 3. The lowest BCUT2D eigenvalue weighted by Crippen LogP contribution is -2.53. The fraction of sp³-hybridized carbons (Fsp3) is 1.00. The van der Waals surface area contributed by atoms with Gasteiger partial charge in [-0.3, -0.25) is 4.90 Å². The van der Waals surface area contributed by atoms with Gasteiger partial charge in [-0.1, -0.05) is 13.3 Å². The Hall–Kier alpha value is -0.160. The van der Waals surface area contributed by atoms with Crippen LogP contribution in [0.1, 0.15) is 26.2 Å². The molecule has 0 saturated carbocycles. The van der Waals surface area contributed by atoms with Gasteiger partial charge in [0.15, 0.2) is 0 Å². The smallest absolute Gasteiger partial charge is 0.0991 e. The third-order valence-electron chi connectivity index (χ3n) is 3.87. The van der Waals surface area contributed by atoms with Crippen molar-refractivity contribution in [2.75, 3.05) is 13.1 Å². The van der Waals surface area contributed by atoms with Crippen LogP contribution in [0.4, 0.5) is 0 Å². The van der Waals surface area contributed by atoms with Gasteiger partial charge < -0.3 is 15.3 Å². The van der Waals surface area contributed by atoms with Crippen LogP contribution in [0.3, 0.4) is 0 Å². The molecule has 2 rings (SSSR count). The first-order valence-corrected chi connectivity index (χ1v) is 5.93. The van der Waals surface area contributed by atoms with E-state index in [1.165, 1.54) is 0 Å². The summed E-state index contributed by atoms with van der Waals surface area (Å²) in [6, 6.07) is -0.245. The summed E-state index contributed by atoms with van der Waals surface area (Å²) < 4.78 is 0. The van der Waals surface area contributed by atoms with Gasteiger partial charge in [-0.25, -0.2) is 0 Å². The maximum Gasteiger partial charge on any atom is 0.0991 e. The van der Waals surface area contributed by atoms with E-state index in [4.69, 9.17) is 0 Å². The Morgan fingerprint density at radius 3 is 2.60 bits per heavy atom. The molecule has 5 atom stereocenters. The first-order chi connectivity index (χ1) is 7.15. The number of hydrogen-bond acceptors (Lipinski definition) is 4. The molecule has 2 aliphatic rings. The predicted octanol–water partition coefficient (Wildman–Crippen LogP) is -0.427. The summed E-state index contributed by atoms with van der Waals surface area (Å²) in [5, 5.41) is 29.5. The van der Waals surface area contributed by atoms with E-state index in [9.17, 15) is 15.3 Å². The van der Waals surface area contributed by atoms with Crippen molar-refractivity contribution < 1.29 is 15.3 Å². The molecule has 0 amide bonds. The SMILES string of the molecule is CCC[C@H]1CCN2C[C@@H](O)[C@@H](O)[C@H]2[C@@H]1O. The Bertz CT molecular complexity index is 224. The molecule has 0 aliphatic carbocycles. The van der Waals surface area contributed by atoms with Crippen LogP contribution < -0.4 is 0 Å². The maximum atomic E-state index is 10.1. The zero-order valence-corrected chi connectivity index (χ0v) is 9.21. The number of aliphatic hydroxyl groups excluding tert-OH is 3. The largest absolute Gasteiger partial charge is 0.391 e. The van der Waals surface area contributed by atoms with Crippen LogP contribution in [0.2, 0.25) is 0 Å². The molecule has 2 fully saturated rings. The summed E-state index contributed by atoms with van der Waals surface area (Å²) >= 11 is 0. The van der Waals surface area contributed by atoms with Crippen LogP contribution in [0.25, 0.3) is 0 Å². The zero-order valence-electron chi connectivity index (χ0n) is 9.21. The molecule has 15 heavy (non-hydrogen) atoms. The number of fused-ring (bicyclic) bond motifs is 1. The van der Waals surface area contributed by atoms with Crippen molar-refractivity contribution in [1.82, 2.24) is 4.90 Å². The summed E-state index contributed by atoms with van der Waals surface area (Å²) in [6.07, 6.45) is 1.10. The van der Waals surface area contributed by atoms with Gasteiger partial charge in [0.2, 0.25) is 0 Å². The standard InChI is InChI=1S/C11H21NO3/c1-2-3-7-4-5-12-6-8(13)11(15)9(12)10(7)14/h7-11,13-15H,2-6H2,1H3/t7-,8+,9+,10+,11+/m0/s1. The molecular weight excluding hydrogens is 194 g/mol. The van der Waals surface area contributed by atoms with Crippen LogP contribution in [-0.4, -0.2) is 57.7 Å². The maximum absolute atomic E-state index is 10.1. The van der Waals surface area contributed by atoms with Crippen molar-refractivity contribution in [3.8, 4) is 0 Å². The molecular formula is C11H21NO3. The summed E-state index contributed by atoms with van der Waals surface area (Å²) in [5.41, 5.74) is 0. The molecule has 4 heteroatoms. The van der Waals surface area contributed by atoms with Gasteiger partial charge in [0.25, 0.3) is 0 Å². The lowest BCUT2D eigenvalue weighted by molar-refractivity contribution is -0.0581. The second-order valence-corrected chi connectivity index (χ2v) is 4.87. The van der Waals surface area contributed by atoms with Crippen LogP contribution in [0, 0.1) is 5.92 Å². The van der Waals surface area contributed by atoms with Gasteiger partial charge in [0, 0.05) is 6.54 Å². The second-order valence-electron chi connectivity index (χ2n) is 4.87. The molecule has 2 aliphatic heterocycles. The predicted molar refractivity (Wildman–Crippen MR) is 56.4 cm³/mol. The monoisotopic (exact) mass is 215 g/mol. The Labute approximate surface area is 90.5 Å². The number of nitrogens with zero attached hydrogens (tertiary/aromatic N) is 1. The van der Waals surface area contributed by atoms with Crippen LogP contribution in [-0.2, 0) is 0 Å². The first-order valence-electron chi connectivity index (χ1n) is 5.93. The molecule has 4 nitrogen and oxygen atoms in total. The van der Waals surface area contributed by atoms with E-state index in [2.05, 4.69) is 6.92 Å². The summed E-state index contributed by atoms with van der Waals surface area (Å²) in [5.74, 6) is 0.288. The van der Waals surface area contributed by atoms with Crippen molar-refractivity contribution in [3.63, 3.8) is 0 Å². The van der Waals surface area contributed by atoms with Crippen molar-refractivity contribution in [1.29, 1.82) is 0 Å². The molecule has 2 saturated heterocycles. The van der Waals surface area contributed by atoms with E-state index in [1.807, 2.05) is 4.90 Å². The highest BCUT2D eigenvalue weighted by Gasteiger charge is 2.48. The van der Waals surface area contributed by atoms with Crippen LogP contribution in [0.15, 0.2) is 0 Å². The Kier molecular flexibility index (Phi) is 3.30. The van der Waals surface area contributed by atoms with Gasteiger partial charge in [0.05, 0.1) is 24.4 Å².